The largest absolute Gasteiger partial charge is 0.493 e. The summed E-state index contributed by atoms with van der Waals surface area (Å²) in [7, 11) is 0. The smallest absolute Gasteiger partial charge is 0.119 e. The third-order valence-electron chi connectivity index (χ3n) is 2.88. The van der Waals surface area contributed by atoms with E-state index in [-0.39, 0.29) is 0 Å². The van der Waals surface area contributed by atoms with Crippen LogP contribution >= 0.6 is 0 Å². The normalized spacial score (nSPS) is 11.9. The zero-order valence-corrected chi connectivity index (χ0v) is 11.4. The molecule has 0 saturated heterocycles. The van der Waals surface area contributed by atoms with Crippen molar-refractivity contribution < 1.29 is 4.74 Å². The lowest BCUT2D eigenvalue weighted by Crippen LogP contribution is -2.09. The van der Waals surface area contributed by atoms with Crippen LogP contribution in [0.2, 0.25) is 0 Å². The lowest BCUT2D eigenvalue weighted by atomic mass is 10.1. The molecule has 1 rings (SSSR count). The summed E-state index contributed by atoms with van der Waals surface area (Å²) in [6.07, 6.45) is 1.71. The predicted octanol–water partition coefficient (Wildman–Crippen LogP) is 3.29. The van der Waals surface area contributed by atoms with Gasteiger partial charge >= 0.3 is 0 Å². The number of hydrogen-bond acceptors (Lipinski definition) is 3. The van der Waals surface area contributed by atoms with Gasteiger partial charge in [-0.2, -0.15) is 0 Å². The second-order valence-corrected chi connectivity index (χ2v) is 4.38. The van der Waals surface area contributed by atoms with Gasteiger partial charge in [0.25, 0.3) is 0 Å². The summed E-state index contributed by atoms with van der Waals surface area (Å²) in [6, 6.07) is 8.10. The van der Waals surface area contributed by atoms with E-state index in [1.807, 2.05) is 19.1 Å². The van der Waals surface area contributed by atoms with E-state index >= 15 is 0 Å². The molecule has 0 fully saturated rings. The average Bonchev–Trinajstić information content (AvgIpc) is 2.34. The monoisotopic (exact) mass is 246 g/mol. The first-order valence-corrected chi connectivity index (χ1v) is 6.27. The minimum absolute atomic E-state index is 0.514. The first kappa shape index (κ1) is 14.3. The maximum atomic E-state index is 7.62. The molecule has 0 saturated carbocycles. The molecule has 0 aliphatic carbocycles. The van der Waals surface area contributed by atoms with Crippen LogP contribution < -0.4 is 10.5 Å². The van der Waals surface area contributed by atoms with Crippen LogP contribution in [-0.2, 0) is 6.42 Å². The van der Waals surface area contributed by atoms with Crippen molar-refractivity contribution in [3.05, 3.63) is 41.1 Å². The van der Waals surface area contributed by atoms with Gasteiger partial charge in [0, 0.05) is 17.8 Å². The minimum atomic E-state index is 0.514. The Hall–Kier alpha value is -1.77. The highest BCUT2D eigenvalue weighted by atomic mass is 16.5. The molecule has 18 heavy (non-hydrogen) atoms. The fourth-order valence-electron chi connectivity index (χ4n) is 1.77. The van der Waals surface area contributed by atoms with Crippen LogP contribution in [0.4, 0.5) is 0 Å². The number of ether oxygens (including phenoxy) is 1. The van der Waals surface area contributed by atoms with Crippen LogP contribution in [0.25, 0.3) is 0 Å². The molecule has 0 bridgehead atoms. The van der Waals surface area contributed by atoms with Crippen LogP contribution in [0, 0.1) is 5.41 Å². The molecular formula is C15H22N2O. The van der Waals surface area contributed by atoms with Crippen molar-refractivity contribution in [1.29, 1.82) is 5.41 Å². The van der Waals surface area contributed by atoms with E-state index in [4.69, 9.17) is 15.9 Å². The lowest BCUT2D eigenvalue weighted by molar-refractivity contribution is 0.322. The summed E-state index contributed by atoms with van der Waals surface area (Å²) in [5.41, 5.74) is 9.13. The van der Waals surface area contributed by atoms with Crippen molar-refractivity contribution in [2.45, 2.75) is 33.6 Å². The third-order valence-corrected chi connectivity index (χ3v) is 2.88. The Morgan fingerprint density at radius 2 is 1.83 bits per heavy atom. The van der Waals surface area contributed by atoms with Crippen LogP contribution in [0.5, 0.6) is 5.75 Å². The molecule has 3 heteroatoms. The number of aryl methyl sites for hydroxylation is 1. The van der Waals surface area contributed by atoms with Crippen molar-refractivity contribution in [1.82, 2.24) is 0 Å². The number of rotatable bonds is 6. The van der Waals surface area contributed by atoms with E-state index in [0.717, 1.165) is 17.7 Å². The molecule has 0 aliphatic heterocycles. The molecule has 0 aromatic heterocycles. The highest BCUT2D eigenvalue weighted by Gasteiger charge is 2.04. The molecule has 3 N–H and O–H groups in total. The Bertz CT molecular complexity index is 428. The van der Waals surface area contributed by atoms with Crippen molar-refractivity contribution in [2.75, 3.05) is 6.61 Å². The number of benzene rings is 1. The summed E-state index contributed by atoms with van der Waals surface area (Å²) >= 11 is 0. The first-order valence-electron chi connectivity index (χ1n) is 6.27. The minimum Gasteiger partial charge on any atom is -0.493 e. The fourth-order valence-corrected chi connectivity index (χ4v) is 1.77. The number of hydrogen-bond donors (Lipinski definition) is 2. The van der Waals surface area contributed by atoms with E-state index in [1.165, 1.54) is 5.56 Å². The number of allylic oxidation sites excluding steroid dienone is 1. The van der Waals surface area contributed by atoms with Gasteiger partial charge in [-0.25, -0.2) is 0 Å². The molecule has 0 amide bonds. The molecule has 0 heterocycles. The van der Waals surface area contributed by atoms with Gasteiger partial charge in [-0.3, -0.25) is 0 Å². The quantitative estimate of drug-likeness (QED) is 0.757. The zero-order chi connectivity index (χ0) is 13.5. The fraction of sp³-hybridized carbons (Fsp3) is 0.400. The second-order valence-electron chi connectivity index (χ2n) is 4.38. The molecular weight excluding hydrogens is 224 g/mol. The van der Waals surface area contributed by atoms with Crippen LogP contribution in [0.3, 0.4) is 0 Å². The SMILES string of the molecule is CCc1ccc(OCC/C(C(C)=N)=C(\C)N)cc1. The van der Waals surface area contributed by atoms with Crippen molar-refractivity contribution >= 4 is 5.71 Å². The Morgan fingerprint density at radius 3 is 2.28 bits per heavy atom. The van der Waals surface area contributed by atoms with Gasteiger partial charge in [-0.05, 0) is 43.5 Å². The van der Waals surface area contributed by atoms with Gasteiger partial charge in [-0.1, -0.05) is 19.1 Å². The van der Waals surface area contributed by atoms with Crippen LogP contribution in [0.15, 0.2) is 35.5 Å². The van der Waals surface area contributed by atoms with Gasteiger partial charge < -0.3 is 15.9 Å². The number of nitrogens with two attached hydrogens (primary N) is 1. The summed E-state index contributed by atoms with van der Waals surface area (Å²) in [6.45, 7) is 6.25. The van der Waals surface area contributed by atoms with Crippen molar-refractivity contribution in [2.24, 2.45) is 5.73 Å². The summed E-state index contributed by atoms with van der Waals surface area (Å²) in [5.74, 6) is 0.865. The highest BCUT2D eigenvalue weighted by molar-refractivity contribution is 5.96. The highest BCUT2D eigenvalue weighted by Crippen LogP contribution is 2.14. The second kappa shape index (κ2) is 6.84. The van der Waals surface area contributed by atoms with Gasteiger partial charge in [-0.15, -0.1) is 0 Å². The third kappa shape index (κ3) is 4.24. The molecule has 98 valence electrons. The maximum Gasteiger partial charge on any atom is 0.119 e. The molecule has 1 aromatic rings. The Labute approximate surface area is 109 Å². The summed E-state index contributed by atoms with van der Waals surface area (Å²) in [4.78, 5) is 0. The lowest BCUT2D eigenvalue weighted by Gasteiger charge is -2.10. The van der Waals surface area contributed by atoms with E-state index in [0.29, 0.717) is 24.4 Å². The Balaban J connectivity index is 2.50. The predicted molar refractivity (Wildman–Crippen MR) is 76.2 cm³/mol. The topological polar surface area (TPSA) is 59.1 Å². The van der Waals surface area contributed by atoms with Crippen LogP contribution in [0.1, 0.15) is 32.8 Å². The van der Waals surface area contributed by atoms with Gasteiger partial charge in [0.1, 0.15) is 5.75 Å². The van der Waals surface area contributed by atoms with E-state index in [2.05, 4.69) is 19.1 Å². The van der Waals surface area contributed by atoms with E-state index < -0.39 is 0 Å². The molecule has 0 unspecified atom stereocenters. The molecule has 1 aromatic carbocycles. The summed E-state index contributed by atoms with van der Waals surface area (Å²) in [5, 5.41) is 7.62. The molecule has 0 radical (unpaired) electrons. The van der Waals surface area contributed by atoms with Crippen LogP contribution in [-0.4, -0.2) is 12.3 Å². The van der Waals surface area contributed by atoms with Gasteiger partial charge in [0.05, 0.1) is 6.61 Å². The van der Waals surface area contributed by atoms with E-state index in [1.54, 1.807) is 6.92 Å². The zero-order valence-electron chi connectivity index (χ0n) is 11.4. The van der Waals surface area contributed by atoms with Crippen molar-refractivity contribution in [3.8, 4) is 5.75 Å². The molecule has 3 nitrogen and oxygen atoms in total. The molecule has 0 aliphatic rings. The standard InChI is InChI=1S/C15H22N2O/c1-4-13-5-7-14(8-6-13)18-10-9-15(11(2)16)12(3)17/h5-8,16H,4,9-10,17H2,1-3H3/b15-12-,16-11?. The molecule has 0 spiro atoms. The summed E-state index contributed by atoms with van der Waals surface area (Å²) < 4.78 is 5.65. The Kier molecular flexibility index (Phi) is 5.43. The molecule has 0 atom stereocenters. The Morgan fingerprint density at radius 1 is 1.22 bits per heavy atom. The first-order chi connectivity index (χ1) is 8.54. The average molecular weight is 246 g/mol. The van der Waals surface area contributed by atoms with E-state index in [9.17, 15) is 0 Å². The van der Waals surface area contributed by atoms with Gasteiger partial charge in [0.15, 0.2) is 0 Å². The van der Waals surface area contributed by atoms with Crippen molar-refractivity contribution in [3.63, 3.8) is 0 Å². The number of nitrogens with one attached hydrogen (secondary N) is 1. The van der Waals surface area contributed by atoms with Gasteiger partial charge in [0.2, 0.25) is 0 Å². The maximum absolute atomic E-state index is 7.62.